The van der Waals surface area contributed by atoms with Crippen molar-refractivity contribution in [1.29, 1.82) is 0 Å². The van der Waals surface area contributed by atoms with Crippen molar-refractivity contribution in [3.05, 3.63) is 29.8 Å². The average molecular weight is 348 g/mol. The van der Waals surface area contributed by atoms with Crippen LogP contribution in [0.2, 0.25) is 0 Å². The molecular weight excluding hydrogens is 331 g/mol. The van der Waals surface area contributed by atoms with Crippen LogP contribution in [-0.4, -0.2) is 39.1 Å². The molecule has 0 atom stereocenters. The minimum absolute atomic E-state index is 0. The van der Waals surface area contributed by atoms with E-state index in [2.05, 4.69) is 15.5 Å². The quantitative estimate of drug-likeness (QED) is 0.229. The summed E-state index contributed by atoms with van der Waals surface area (Å²) in [7, 11) is 7.35. The Kier molecular flexibility index (Phi) is 6.89. The third-order valence-corrected chi connectivity index (χ3v) is 1.66. The molecule has 0 bridgehead atoms. The second kappa shape index (κ2) is 7.33. The molecule has 0 fully saturated rings. The lowest BCUT2D eigenvalue weighted by molar-refractivity contribution is -0.882. The highest BCUT2D eigenvalue weighted by molar-refractivity contribution is 5.79. The zero-order valence-corrected chi connectivity index (χ0v) is 12.6. The van der Waals surface area contributed by atoms with Crippen molar-refractivity contribution < 1.29 is 33.3 Å². The van der Waals surface area contributed by atoms with Gasteiger partial charge in [0.25, 0.3) is 0 Å². The van der Waals surface area contributed by atoms with E-state index in [1.165, 1.54) is 0 Å². The van der Waals surface area contributed by atoms with Gasteiger partial charge in [-0.3, -0.25) is 0 Å². The Morgan fingerprint density at radius 2 is 1.94 bits per heavy atom. The number of nitrogens with zero attached hydrogens (tertiary/aromatic N) is 4. The molecule has 0 heterocycles. The second-order valence-corrected chi connectivity index (χ2v) is 4.14. The van der Waals surface area contributed by atoms with Gasteiger partial charge in [-0.2, -0.15) is 4.59 Å². The van der Waals surface area contributed by atoms with Gasteiger partial charge in [0, 0.05) is 10.4 Å². The molecule has 0 aliphatic rings. The van der Waals surface area contributed by atoms with Crippen molar-refractivity contribution in [1.82, 2.24) is 0 Å². The molecule has 0 amide bonds. The van der Waals surface area contributed by atoms with E-state index in [1.807, 2.05) is 45.4 Å². The van der Waals surface area contributed by atoms with E-state index in [9.17, 15) is 0 Å². The number of hydrogen-bond donors (Lipinski definition) is 0. The van der Waals surface area contributed by atoms with Crippen LogP contribution in [-0.2, 0) is 0 Å². The fraction of sp³-hybridized carbons (Fsp3) is 0.364. The summed E-state index contributed by atoms with van der Waals surface area (Å²) in [5.74, 6) is 0.799. The predicted octanol–water partition coefficient (Wildman–Crippen LogP) is -0.893. The summed E-state index contributed by atoms with van der Waals surface area (Å²) in [5, 5.41) is 11.5. The summed E-state index contributed by atoms with van der Waals surface area (Å²) in [4.78, 5) is 0. The maximum absolute atomic E-state index is 5.10. The van der Waals surface area contributed by atoms with Gasteiger partial charge in [-0.25, -0.2) is 0 Å². The van der Waals surface area contributed by atoms with Gasteiger partial charge in [0.2, 0.25) is 0 Å². The summed E-state index contributed by atoms with van der Waals surface area (Å²) in [5.41, 5.74) is 0.930. The van der Waals surface area contributed by atoms with E-state index >= 15 is 0 Å². The topological polar surface area (TPSA) is 46.3 Å². The highest BCUT2D eigenvalue weighted by atomic mass is 127. The van der Waals surface area contributed by atoms with Gasteiger partial charge in [0.15, 0.2) is 0 Å². The summed E-state index contributed by atoms with van der Waals surface area (Å²) in [6, 6.07) is 7.58. The molecule has 5 nitrogen and oxygen atoms in total. The molecule has 94 valence electrons. The number of methoxy groups -OCH3 is 1. The summed E-state index contributed by atoms with van der Waals surface area (Å²) >= 11 is 0. The van der Waals surface area contributed by atoms with Crippen LogP contribution in [0.1, 0.15) is 5.56 Å². The third-order valence-electron chi connectivity index (χ3n) is 1.66. The van der Waals surface area contributed by atoms with Crippen LogP contribution in [0.4, 0.5) is 0 Å². The van der Waals surface area contributed by atoms with Crippen LogP contribution < -0.4 is 28.7 Å². The molecule has 1 aromatic carbocycles. The first-order valence-electron chi connectivity index (χ1n) is 4.92. The third kappa shape index (κ3) is 7.01. The number of halogens is 1. The van der Waals surface area contributed by atoms with Crippen molar-refractivity contribution in [2.24, 2.45) is 15.5 Å². The smallest absolute Gasteiger partial charge is 0.119 e. The minimum Gasteiger partial charge on any atom is -1.00 e. The number of benzene rings is 1. The van der Waals surface area contributed by atoms with Crippen molar-refractivity contribution in [3.63, 3.8) is 0 Å². The molecule has 0 saturated carbocycles. The van der Waals surface area contributed by atoms with Gasteiger partial charge < -0.3 is 28.7 Å². The maximum atomic E-state index is 5.10. The first kappa shape index (κ1) is 16.0. The molecule has 1 rings (SSSR count). The number of ether oxygens (including phenoxy) is 1. The molecular formula is C11H17IN4O. The molecule has 0 aliphatic heterocycles. The van der Waals surface area contributed by atoms with E-state index in [1.54, 1.807) is 13.3 Å². The molecule has 1 aromatic rings. The molecule has 0 spiro atoms. The minimum atomic E-state index is 0. The van der Waals surface area contributed by atoms with Crippen molar-refractivity contribution in [2.45, 2.75) is 0 Å². The Labute approximate surface area is 119 Å². The first-order chi connectivity index (χ1) is 7.51. The zero-order valence-electron chi connectivity index (χ0n) is 10.5. The lowest BCUT2D eigenvalue weighted by Crippen LogP contribution is -3.00. The van der Waals surface area contributed by atoms with Crippen LogP contribution in [0, 0.1) is 0 Å². The average Bonchev–Trinajstić information content (AvgIpc) is 2.23. The van der Waals surface area contributed by atoms with Crippen molar-refractivity contribution in [3.8, 4) is 5.75 Å². The summed E-state index contributed by atoms with van der Waals surface area (Å²) in [6.45, 7) is 0. The number of rotatable bonds is 4. The Hall–Kier alpha value is -1.02. The standard InChI is InChI=1S/C11H17N4O.HI/c1-15(2,3)14-13-12-9-10-6-5-7-11(8-10)16-4;/h5-9H,1-4H3;1H/q+1;/p-1. The molecule has 17 heavy (non-hydrogen) atoms. The van der Waals surface area contributed by atoms with E-state index in [0.717, 1.165) is 11.3 Å². The summed E-state index contributed by atoms with van der Waals surface area (Å²) < 4.78 is 5.49. The van der Waals surface area contributed by atoms with Crippen molar-refractivity contribution in [2.75, 3.05) is 28.3 Å². The van der Waals surface area contributed by atoms with E-state index in [0.29, 0.717) is 4.59 Å². The lowest BCUT2D eigenvalue weighted by Gasteiger charge is -2.10. The summed E-state index contributed by atoms with van der Waals surface area (Å²) in [6.07, 6.45) is 1.64. The van der Waals surface area contributed by atoms with Crippen LogP contribution in [0.15, 0.2) is 39.8 Å². The molecule has 0 aliphatic carbocycles. The number of quaternary nitrogens is 1. The van der Waals surface area contributed by atoms with Gasteiger partial charge in [-0.05, 0) is 17.7 Å². The largest absolute Gasteiger partial charge is 1.00 e. The van der Waals surface area contributed by atoms with Crippen LogP contribution in [0.3, 0.4) is 0 Å². The van der Waals surface area contributed by atoms with Gasteiger partial charge in [0.1, 0.15) is 5.75 Å². The van der Waals surface area contributed by atoms with E-state index in [-0.39, 0.29) is 24.0 Å². The molecule has 0 unspecified atom stereocenters. The van der Waals surface area contributed by atoms with Gasteiger partial charge >= 0.3 is 0 Å². The fourth-order valence-electron chi connectivity index (χ4n) is 0.957. The molecule has 6 heteroatoms. The van der Waals surface area contributed by atoms with Gasteiger partial charge in [0.05, 0.1) is 34.5 Å². The molecule has 0 aromatic heterocycles. The predicted molar refractivity (Wildman–Crippen MR) is 63.5 cm³/mol. The normalized spacial score (nSPS) is 11.8. The first-order valence-corrected chi connectivity index (χ1v) is 4.92. The Morgan fingerprint density at radius 3 is 2.53 bits per heavy atom. The fourth-order valence-corrected chi connectivity index (χ4v) is 0.957. The van der Waals surface area contributed by atoms with Gasteiger partial charge in [-0.1, -0.05) is 12.1 Å². The van der Waals surface area contributed by atoms with Crippen molar-refractivity contribution >= 4 is 6.21 Å². The highest BCUT2D eigenvalue weighted by Crippen LogP contribution is 2.10. The molecule has 0 radical (unpaired) electrons. The Morgan fingerprint density at radius 1 is 1.24 bits per heavy atom. The Balaban J connectivity index is 0.00000256. The number of hydrogen-bond acceptors (Lipinski definition) is 3. The van der Waals surface area contributed by atoms with Crippen LogP contribution in [0.25, 0.3) is 0 Å². The van der Waals surface area contributed by atoms with E-state index in [4.69, 9.17) is 4.74 Å². The van der Waals surface area contributed by atoms with E-state index < -0.39 is 0 Å². The monoisotopic (exact) mass is 348 g/mol. The van der Waals surface area contributed by atoms with Crippen LogP contribution >= 0.6 is 0 Å². The second-order valence-electron chi connectivity index (χ2n) is 4.14. The Bertz CT molecular complexity index is 399. The van der Waals surface area contributed by atoms with Gasteiger partial charge in [-0.15, -0.1) is 5.10 Å². The highest BCUT2D eigenvalue weighted by Gasteiger charge is 2.01. The SMILES string of the molecule is COc1cccc(C=NN=N[N+](C)(C)C)c1.[I-]. The molecule has 0 N–H and O–H groups in total. The maximum Gasteiger partial charge on any atom is 0.119 e. The zero-order chi connectivity index (χ0) is 12.0. The van der Waals surface area contributed by atoms with Crippen LogP contribution in [0.5, 0.6) is 5.75 Å². The lowest BCUT2D eigenvalue weighted by atomic mass is 10.2. The molecule has 0 saturated heterocycles.